The molecule has 7 heteroatoms. The number of amides is 3. The van der Waals surface area contributed by atoms with E-state index in [2.05, 4.69) is 32.6 Å². The second-order valence-electron chi connectivity index (χ2n) is 7.42. The molecule has 0 unspecified atom stereocenters. The molecule has 3 aliphatic heterocycles. The van der Waals surface area contributed by atoms with E-state index in [1.165, 1.54) is 18.7 Å². The summed E-state index contributed by atoms with van der Waals surface area (Å²) in [6.07, 6.45) is 1.59. The van der Waals surface area contributed by atoms with Crippen molar-refractivity contribution in [1.82, 2.24) is 15.5 Å². The number of rotatable bonds is 4. The van der Waals surface area contributed by atoms with Crippen LogP contribution in [0.25, 0.3) is 0 Å². The van der Waals surface area contributed by atoms with Gasteiger partial charge in [-0.15, -0.1) is 0 Å². The van der Waals surface area contributed by atoms with Crippen molar-refractivity contribution in [3.05, 3.63) is 24.3 Å². The van der Waals surface area contributed by atoms with Crippen LogP contribution in [-0.4, -0.2) is 69.2 Å². The lowest BCUT2D eigenvalue weighted by atomic mass is 10.1. The van der Waals surface area contributed by atoms with Gasteiger partial charge in [-0.1, -0.05) is 0 Å². The molecule has 0 bridgehead atoms. The quantitative estimate of drug-likeness (QED) is 0.837. The first-order valence-corrected chi connectivity index (χ1v) is 9.58. The summed E-state index contributed by atoms with van der Waals surface area (Å²) in [4.78, 5) is 29.9. The predicted molar refractivity (Wildman–Crippen MR) is 102 cm³/mol. The van der Waals surface area contributed by atoms with Gasteiger partial charge < -0.3 is 15.1 Å². The zero-order valence-corrected chi connectivity index (χ0v) is 15.1. The van der Waals surface area contributed by atoms with Crippen molar-refractivity contribution in [3.8, 4) is 0 Å². The molecule has 3 aliphatic rings. The summed E-state index contributed by atoms with van der Waals surface area (Å²) >= 11 is 0. The van der Waals surface area contributed by atoms with Gasteiger partial charge in [0.05, 0.1) is 0 Å². The molecule has 3 fully saturated rings. The molecule has 140 valence electrons. The van der Waals surface area contributed by atoms with E-state index >= 15 is 0 Å². The van der Waals surface area contributed by atoms with Crippen molar-refractivity contribution in [3.63, 3.8) is 0 Å². The normalized spacial score (nSPS) is 24.8. The minimum atomic E-state index is -0.328. The first kappa shape index (κ1) is 17.3. The molecule has 0 aromatic heterocycles. The van der Waals surface area contributed by atoms with Crippen molar-refractivity contribution in [2.45, 2.75) is 12.8 Å². The number of nitrogens with one attached hydrogen (secondary N) is 2. The Bertz CT molecular complexity index is 656. The zero-order chi connectivity index (χ0) is 17.9. The van der Waals surface area contributed by atoms with Crippen molar-refractivity contribution in [1.29, 1.82) is 0 Å². The largest absolute Gasteiger partial charge is 0.371 e. The third-order valence-electron chi connectivity index (χ3n) is 5.59. The zero-order valence-electron chi connectivity index (χ0n) is 15.1. The molecule has 1 aromatic carbocycles. The van der Waals surface area contributed by atoms with Crippen molar-refractivity contribution in [2.75, 3.05) is 62.2 Å². The first-order valence-electron chi connectivity index (χ1n) is 9.58. The second kappa shape index (κ2) is 7.63. The number of anilines is 2. The number of nitrogens with zero attached hydrogens (tertiary/aromatic N) is 3. The molecule has 26 heavy (non-hydrogen) atoms. The van der Waals surface area contributed by atoms with Crippen LogP contribution in [0.4, 0.5) is 16.2 Å². The van der Waals surface area contributed by atoms with E-state index in [1.807, 2.05) is 12.1 Å². The lowest BCUT2D eigenvalue weighted by Crippen LogP contribution is -2.49. The van der Waals surface area contributed by atoms with Gasteiger partial charge in [-0.25, -0.2) is 4.79 Å². The SMILES string of the molecule is O=C1CCN(c2ccc(N3CC[C@H](CN4CCNCC4)C3)cc2)C(=O)N1. The Kier molecular flexibility index (Phi) is 5.08. The van der Waals surface area contributed by atoms with Gasteiger partial charge in [0.2, 0.25) is 5.91 Å². The molecular formula is C19H27N5O2. The van der Waals surface area contributed by atoms with E-state index < -0.39 is 0 Å². The van der Waals surface area contributed by atoms with Gasteiger partial charge >= 0.3 is 6.03 Å². The number of urea groups is 1. The maximum Gasteiger partial charge on any atom is 0.328 e. The molecule has 1 aromatic rings. The third kappa shape index (κ3) is 3.83. The number of imide groups is 1. The van der Waals surface area contributed by atoms with Crippen LogP contribution in [0.5, 0.6) is 0 Å². The molecule has 7 nitrogen and oxygen atoms in total. The summed E-state index contributed by atoms with van der Waals surface area (Å²) in [6, 6.07) is 7.81. The van der Waals surface area contributed by atoms with Gasteiger partial charge in [0.1, 0.15) is 0 Å². The molecule has 0 radical (unpaired) electrons. The fourth-order valence-electron chi connectivity index (χ4n) is 4.13. The minimum absolute atomic E-state index is 0.199. The smallest absolute Gasteiger partial charge is 0.328 e. The average molecular weight is 357 g/mol. The maximum absolute atomic E-state index is 12.0. The van der Waals surface area contributed by atoms with Gasteiger partial charge in [0, 0.05) is 70.2 Å². The topological polar surface area (TPSA) is 67.9 Å². The minimum Gasteiger partial charge on any atom is -0.371 e. The van der Waals surface area contributed by atoms with Crippen molar-refractivity contribution < 1.29 is 9.59 Å². The van der Waals surface area contributed by atoms with Crippen LogP contribution in [0.1, 0.15) is 12.8 Å². The highest BCUT2D eigenvalue weighted by molar-refractivity contribution is 6.05. The van der Waals surface area contributed by atoms with Crippen molar-refractivity contribution >= 4 is 23.3 Å². The Balaban J connectivity index is 1.34. The van der Waals surface area contributed by atoms with E-state index in [-0.39, 0.29) is 11.9 Å². The van der Waals surface area contributed by atoms with Gasteiger partial charge in [-0.3, -0.25) is 15.0 Å². The lowest BCUT2D eigenvalue weighted by Gasteiger charge is -2.29. The second-order valence-corrected chi connectivity index (χ2v) is 7.42. The molecular weight excluding hydrogens is 330 g/mol. The van der Waals surface area contributed by atoms with Crippen LogP contribution in [0.3, 0.4) is 0 Å². The van der Waals surface area contributed by atoms with E-state index in [0.717, 1.165) is 50.9 Å². The van der Waals surface area contributed by atoms with Crippen LogP contribution >= 0.6 is 0 Å². The fraction of sp³-hybridized carbons (Fsp3) is 0.579. The van der Waals surface area contributed by atoms with E-state index in [1.54, 1.807) is 4.90 Å². The van der Waals surface area contributed by atoms with E-state index in [9.17, 15) is 9.59 Å². The van der Waals surface area contributed by atoms with Crippen LogP contribution in [0.15, 0.2) is 24.3 Å². The predicted octanol–water partition coefficient (Wildman–Crippen LogP) is 0.864. The molecule has 4 rings (SSSR count). The molecule has 0 aliphatic carbocycles. The first-order chi connectivity index (χ1) is 12.7. The Morgan fingerprint density at radius 3 is 2.42 bits per heavy atom. The third-order valence-corrected chi connectivity index (χ3v) is 5.59. The Morgan fingerprint density at radius 1 is 0.962 bits per heavy atom. The molecule has 3 heterocycles. The van der Waals surface area contributed by atoms with Gasteiger partial charge in [0.15, 0.2) is 0 Å². The average Bonchev–Trinajstić information content (AvgIpc) is 3.11. The monoisotopic (exact) mass is 357 g/mol. The van der Waals surface area contributed by atoms with Gasteiger partial charge in [0.25, 0.3) is 0 Å². The summed E-state index contributed by atoms with van der Waals surface area (Å²) < 4.78 is 0. The lowest BCUT2D eigenvalue weighted by molar-refractivity contribution is -0.120. The Hall–Kier alpha value is -2.12. The van der Waals surface area contributed by atoms with E-state index in [4.69, 9.17) is 0 Å². The fourth-order valence-corrected chi connectivity index (χ4v) is 4.13. The number of hydrogen-bond acceptors (Lipinski definition) is 5. The summed E-state index contributed by atoms with van der Waals surface area (Å²) in [5, 5.41) is 5.78. The molecule has 3 saturated heterocycles. The molecule has 2 N–H and O–H groups in total. The number of carbonyl (C=O) groups excluding carboxylic acids is 2. The maximum atomic E-state index is 12.0. The highest BCUT2D eigenvalue weighted by atomic mass is 16.2. The number of hydrogen-bond donors (Lipinski definition) is 2. The highest BCUT2D eigenvalue weighted by Crippen LogP contribution is 2.27. The van der Waals surface area contributed by atoms with E-state index in [0.29, 0.717) is 13.0 Å². The summed E-state index contributed by atoms with van der Waals surface area (Å²) in [7, 11) is 0. The Morgan fingerprint density at radius 2 is 1.69 bits per heavy atom. The van der Waals surface area contributed by atoms with Crippen LogP contribution in [0.2, 0.25) is 0 Å². The molecule has 0 saturated carbocycles. The van der Waals surface area contributed by atoms with Crippen LogP contribution < -0.4 is 20.4 Å². The summed E-state index contributed by atoms with van der Waals surface area (Å²) in [5.41, 5.74) is 2.06. The standard InChI is InChI=1S/C19H27N5O2/c25-18-6-10-24(19(26)21-18)17-3-1-16(2-4-17)23-9-5-15(14-23)13-22-11-7-20-8-12-22/h1-4,15,20H,5-14H2,(H,21,25,26)/t15-/m1/s1. The van der Waals surface area contributed by atoms with Gasteiger partial charge in [-0.2, -0.15) is 0 Å². The van der Waals surface area contributed by atoms with Gasteiger partial charge in [-0.05, 0) is 36.6 Å². The van der Waals surface area contributed by atoms with Crippen molar-refractivity contribution in [2.24, 2.45) is 5.92 Å². The molecule has 1 atom stereocenters. The summed E-state index contributed by atoms with van der Waals surface area (Å²) in [6.45, 7) is 8.36. The van der Waals surface area contributed by atoms with Crippen LogP contribution in [0, 0.1) is 5.92 Å². The number of piperazine rings is 1. The highest BCUT2D eigenvalue weighted by Gasteiger charge is 2.26. The molecule has 0 spiro atoms. The number of carbonyl (C=O) groups is 2. The summed E-state index contributed by atoms with van der Waals surface area (Å²) in [5.74, 6) is 0.530. The number of benzene rings is 1. The Labute approximate surface area is 154 Å². The van der Waals surface area contributed by atoms with Crippen LogP contribution in [-0.2, 0) is 4.79 Å². The molecule has 3 amide bonds.